The normalized spacial score (nSPS) is 11.2. The Labute approximate surface area is 132 Å². The van der Waals surface area contributed by atoms with Gasteiger partial charge in [-0.25, -0.2) is 4.98 Å². The van der Waals surface area contributed by atoms with Gasteiger partial charge in [0.05, 0.1) is 0 Å². The molecule has 0 amide bonds. The predicted molar refractivity (Wildman–Crippen MR) is 88.5 cm³/mol. The van der Waals surface area contributed by atoms with E-state index in [1.807, 2.05) is 30.3 Å². The molecule has 0 bridgehead atoms. The summed E-state index contributed by atoms with van der Waals surface area (Å²) in [5, 5.41) is 0. The van der Waals surface area contributed by atoms with Crippen LogP contribution in [0.5, 0.6) is 11.6 Å². The summed E-state index contributed by atoms with van der Waals surface area (Å²) in [6.07, 6.45) is 0. The lowest BCUT2D eigenvalue weighted by Gasteiger charge is -2.15. The van der Waals surface area contributed by atoms with Crippen molar-refractivity contribution in [3.05, 3.63) is 53.2 Å². The minimum Gasteiger partial charge on any atom is -0.439 e. The Kier molecular flexibility index (Phi) is 5.24. The van der Waals surface area contributed by atoms with E-state index >= 15 is 0 Å². The molecule has 0 unspecified atom stereocenters. The molecule has 1 aromatic carbocycles. The third kappa shape index (κ3) is 3.98. The minimum absolute atomic E-state index is 0.343. The summed E-state index contributed by atoms with van der Waals surface area (Å²) >= 11 is 5.98. The van der Waals surface area contributed by atoms with Crippen molar-refractivity contribution in [2.24, 2.45) is 0 Å². The lowest BCUT2D eigenvalue weighted by molar-refractivity contribution is 0.450. The molecule has 1 aromatic heterocycles. The molecule has 0 aliphatic heterocycles. The molecule has 1 heterocycles. The van der Waals surface area contributed by atoms with Crippen LogP contribution in [0.4, 0.5) is 0 Å². The highest BCUT2D eigenvalue weighted by molar-refractivity contribution is 6.17. The summed E-state index contributed by atoms with van der Waals surface area (Å²) in [6, 6.07) is 12.0. The van der Waals surface area contributed by atoms with Gasteiger partial charge < -0.3 is 4.74 Å². The summed E-state index contributed by atoms with van der Waals surface area (Å²) in [5.74, 6) is 2.69. The van der Waals surface area contributed by atoms with Gasteiger partial charge in [-0.15, -0.1) is 11.6 Å². The molecular formula is C18H22ClNO. The van der Waals surface area contributed by atoms with Gasteiger partial charge in [-0.2, -0.15) is 0 Å². The van der Waals surface area contributed by atoms with Crippen molar-refractivity contribution in [1.82, 2.24) is 4.98 Å². The fraction of sp³-hybridized carbons (Fsp3) is 0.389. The van der Waals surface area contributed by atoms with Crippen molar-refractivity contribution < 1.29 is 4.74 Å². The number of ether oxygens (including phenoxy) is 1. The summed E-state index contributed by atoms with van der Waals surface area (Å²) in [5.41, 5.74) is 3.22. The summed E-state index contributed by atoms with van der Waals surface area (Å²) in [4.78, 5) is 4.60. The topological polar surface area (TPSA) is 22.1 Å². The van der Waals surface area contributed by atoms with E-state index in [-0.39, 0.29) is 0 Å². The molecule has 0 radical (unpaired) electrons. The van der Waals surface area contributed by atoms with Crippen molar-refractivity contribution in [3.8, 4) is 11.6 Å². The Morgan fingerprint density at radius 2 is 1.76 bits per heavy atom. The maximum absolute atomic E-state index is 6.03. The number of rotatable bonds is 5. The third-order valence-electron chi connectivity index (χ3n) is 3.38. The number of benzene rings is 1. The smallest absolute Gasteiger partial charge is 0.219 e. The number of pyridine rings is 1. The van der Waals surface area contributed by atoms with Crippen LogP contribution in [0.15, 0.2) is 36.4 Å². The predicted octanol–water partition coefficient (Wildman–Crippen LogP) is 5.86. The molecule has 2 aromatic rings. The van der Waals surface area contributed by atoms with Gasteiger partial charge in [0.15, 0.2) is 0 Å². The highest BCUT2D eigenvalue weighted by Gasteiger charge is 2.11. The van der Waals surface area contributed by atoms with Crippen LogP contribution in [0.3, 0.4) is 0 Å². The number of aromatic nitrogens is 1. The first kappa shape index (κ1) is 15.8. The molecule has 0 N–H and O–H groups in total. The number of nitrogens with zero attached hydrogens (tertiary/aromatic N) is 1. The van der Waals surface area contributed by atoms with Crippen molar-refractivity contribution in [2.45, 2.75) is 45.4 Å². The Bertz CT molecular complexity index is 608. The molecule has 2 rings (SSSR count). The second-order valence-corrected chi connectivity index (χ2v) is 6.09. The first-order valence-electron chi connectivity index (χ1n) is 7.35. The summed E-state index contributed by atoms with van der Waals surface area (Å²) in [7, 11) is 0. The third-order valence-corrected chi connectivity index (χ3v) is 3.69. The Morgan fingerprint density at radius 1 is 1.05 bits per heavy atom. The lowest BCUT2D eigenvalue weighted by atomic mass is 10.0. The average Bonchev–Trinajstić information content (AvgIpc) is 2.47. The fourth-order valence-corrected chi connectivity index (χ4v) is 2.32. The first-order valence-corrected chi connectivity index (χ1v) is 7.88. The van der Waals surface area contributed by atoms with Crippen LogP contribution in [-0.4, -0.2) is 4.98 Å². The van der Waals surface area contributed by atoms with Gasteiger partial charge in [0.25, 0.3) is 0 Å². The maximum Gasteiger partial charge on any atom is 0.219 e. The molecular weight excluding hydrogens is 282 g/mol. The quantitative estimate of drug-likeness (QED) is 0.645. The molecule has 0 aliphatic carbocycles. The van der Waals surface area contributed by atoms with Crippen LogP contribution >= 0.6 is 11.6 Å². The Balaban J connectivity index is 2.37. The van der Waals surface area contributed by atoms with E-state index in [0.29, 0.717) is 23.6 Å². The molecule has 0 atom stereocenters. The van der Waals surface area contributed by atoms with E-state index in [2.05, 4.69) is 38.7 Å². The molecule has 0 saturated carbocycles. The largest absolute Gasteiger partial charge is 0.439 e. The highest BCUT2D eigenvalue weighted by atomic mass is 35.5. The van der Waals surface area contributed by atoms with Crippen LogP contribution in [0, 0.1) is 0 Å². The standard InChI is InChI=1S/C18H22ClNO/c1-12(2)15-7-5-6-8-17(15)21-18-10-14(11-19)9-16(20-18)13(3)4/h5-10,12-13H,11H2,1-4H3. The maximum atomic E-state index is 6.03. The molecule has 0 aliphatic rings. The van der Waals surface area contributed by atoms with E-state index in [9.17, 15) is 0 Å². The zero-order chi connectivity index (χ0) is 15.4. The van der Waals surface area contributed by atoms with Crippen LogP contribution in [0.2, 0.25) is 0 Å². The van der Waals surface area contributed by atoms with Gasteiger partial charge >= 0.3 is 0 Å². The highest BCUT2D eigenvalue weighted by Crippen LogP contribution is 2.30. The van der Waals surface area contributed by atoms with Gasteiger partial charge in [0, 0.05) is 17.6 Å². The van der Waals surface area contributed by atoms with Gasteiger partial charge in [-0.05, 0) is 35.1 Å². The molecule has 0 saturated heterocycles. The molecule has 0 spiro atoms. The fourth-order valence-electron chi connectivity index (χ4n) is 2.17. The lowest BCUT2D eigenvalue weighted by Crippen LogP contribution is -1.99. The number of hydrogen-bond acceptors (Lipinski definition) is 2. The van der Waals surface area contributed by atoms with E-state index < -0.39 is 0 Å². The Morgan fingerprint density at radius 3 is 2.38 bits per heavy atom. The SMILES string of the molecule is CC(C)c1cc(CCl)cc(Oc2ccccc2C(C)C)n1. The molecule has 2 nitrogen and oxygen atoms in total. The molecule has 112 valence electrons. The van der Waals surface area contributed by atoms with E-state index in [4.69, 9.17) is 16.3 Å². The van der Waals surface area contributed by atoms with Gasteiger partial charge in [0.1, 0.15) is 5.75 Å². The van der Waals surface area contributed by atoms with E-state index in [0.717, 1.165) is 17.0 Å². The molecule has 21 heavy (non-hydrogen) atoms. The molecule has 3 heteroatoms. The second-order valence-electron chi connectivity index (χ2n) is 5.82. The number of para-hydroxylation sites is 1. The monoisotopic (exact) mass is 303 g/mol. The van der Waals surface area contributed by atoms with Gasteiger partial charge in [-0.1, -0.05) is 45.9 Å². The summed E-state index contributed by atoms with van der Waals surface area (Å²) in [6.45, 7) is 8.55. The van der Waals surface area contributed by atoms with Crippen molar-refractivity contribution in [2.75, 3.05) is 0 Å². The molecule has 0 fully saturated rings. The number of hydrogen-bond donors (Lipinski definition) is 0. The zero-order valence-corrected chi connectivity index (χ0v) is 13.8. The summed E-state index contributed by atoms with van der Waals surface area (Å²) < 4.78 is 6.03. The van der Waals surface area contributed by atoms with E-state index in [1.165, 1.54) is 5.56 Å². The van der Waals surface area contributed by atoms with Gasteiger partial charge in [0.2, 0.25) is 5.88 Å². The first-order chi connectivity index (χ1) is 10.0. The number of alkyl halides is 1. The van der Waals surface area contributed by atoms with Gasteiger partial charge in [-0.3, -0.25) is 0 Å². The van der Waals surface area contributed by atoms with Crippen LogP contribution in [0.1, 0.15) is 56.4 Å². The van der Waals surface area contributed by atoms with Crippen molar-refractivity contribution in [1.29, 1.82) is 0 Å². The van der Waals surface area contributed by atoms with Crippen LogP contribution in [0.25, 0.3) is 0 Å². The zero-order valence-electron chi connectivity index (χ0n) is 13.1. The van der Waals surface area contributed by atoms with Crippen molar-refractivity contribution >= 4 is 11.6 Å². The minimum atomic E-state index is 0.343. The van der Waals surface area contributed by atoms with Crippen LogP contribution < -0.4 is 4.74 Å². The average molecular weight is 304 g/mol. The second kappa shape index (κ2) is 6.95. The van der Waals surface area contributed by atoms with Crippen LogP contribution in [-0.2, 0) is 5.88 Å². The van der Waals surface area contributed by atoms with Crippen molar-refractivity contribution in [3.63, 3.8) is 0 Å². The Hall–Kier alpha value is -1.54. The van der Waals surface area contributed by atoms with E-state index in [1.54, 1.807) is 0 Å². The number of halogens is 1.